The number of benzene rings is 3. The lowest BCUT2D eigenvalue weighted by Crippen LogP contribution is -2.16. The number of aromatic amines is 1. The summed E-state index contributed by atoms with van der Waals surface area (Å²) in [5.74, 6) is 0.403. The lowest BCUT2D eigenvalue weighted by atomic mass is 10.1. The molecule has 0 saturated heterocycles. The fraction of sp³-hybridized carbons (Fsp3) is 0.154. The van der Waals surface area contributed by atoms with E-state index >= 15 is 0 Å². The maximum Gasteiger partial charge on any atom is 0.358 e. The number of nitrogens with one attached hydrogen (secondary N) is 1. The van der Waals surface area contributed by atoms with Gasteiger partial charge in [0.15, 0.2) is 11.4 Å². The van der Waals surface area contributed by atoms with Crippen LogP contribution < -0.4 is 15.0 Å². The maximum absolute atomic E-state index is 13.0. The van der Waals surface area contributed by atoms with E-state index in [2.05, 4.69) is 4.98 Å². The fourth-order valence-corrected chi connectivity index (χ4v) is 3.24. The maximum atomic E-state index is 13.0. The van der Waals surface area contributed by atoms with Gasteiger partial charge in [-0.2, -0.15) is 0 Å². The van der Waals surface area contributed by atoms with Crippen LogP contribution in [0.4, 0.5) is 4.39 Å². The highest BCUT2D eigenvalue weighted by molar-refractivity contribution is 5.99. The number of carbonyl (C=O) groups excluding carboxylic acids is 1. The second-order valence-electron chi connectivity index (χ2n) is 7.50. The van der Waals surface area contributed by atoms with Gasteiger partial charge in [0, 0.05) is 5.39 Å². The Hall–Kier alpha value is -4.33. The summed E-state index contributed by atoms with van der Waals surface area (Å²) in [6, 6.07) is 17.0. The zero-order chi connectivity index (χ0) is 24.1. The lowest BCUT2D eigenvalue weighted by molar-refractivity contribution is 0.0489. The zero-order valence-corrected chi connectivity index (χ0v) is 18.3. The second kappa shape index (κ2) is 10.1. The van der Waals surface area contributed by atoms with Crippen molar-refractivity contribution in [2.24, 2.45) is 0 Å². The molecule has 0 atom stereocenters. The Kier molecular flexibility index (Phi) is 6.77. The number of unbranched alkanes of at least 4 members (excludes halogenated alkanes) is 1. The van der Waals surface area contributed by atoms with Crippen molar-refractivity contribution in [3.8, 4) is 28.7 Å². The standard InChI is InChI=1S/C26H22FNO6/c1-2-3-14-32-26(31)23-24(29)21-13-12-20(15-22(21)25(30)28-23)34-19-10-8-18(9-11-19)33-17-6-4-16(27)5-7-17/h4-13,15,29H,2-3,14H2,1H3,(H,28,30). The van der Waals surface area contributed by atoms with Crippen molar-refractivity contribution in [2.45, 2.75) is 19.8 Å². The monoisotopic (exact) mass is 463 g/mol. The Morgan fingerprint density at radius 1 is 0.882 bits per heavy atom. The van der Waals surface area contributed by atoms with E-state index in [4.69, 9.17) is 14.2 Å². The molecular formula is C26H22FNO6. The van der Waals surface area contributed by atoms with Crippen LogP contribution in [0, 0.1) is 5.82 Å². The summed E-state index contributed by atoms with van der Waals surface area (Å²) in [5.41, 5.74) is -0.831. The number of rotatable bonds is 8. The third-order valence-corrected chi connectivity index (χ3v) is 5.01. The minimum atomic E-state index is -0.784. The van der Waals surface area contributed by atoms with Gasteiger partial charge in [0.05, 0.1) is 12.0 Å². The molecule has 0 fully saturated rings. The molecule has 4 rings (SSSR count). The van der Waals surface area contributed by atoms with Gasteiger partial charge >= 0.3 is 5.97 Å². The molecule has 3 aromatic carbocycles. The first-order valence-corrected chi connectivity index (χ1v) is 10.7. The normalized spacial score (nSPS) is 10.8. The Morgan fingerprint density at radius 2 is 1.44 bits per heavy atom. The first-order valence-electron chi connectivity index (χ1n) is 10.7. The van der Waals surface area contributed by atoms with E-state index in [9.17, 15) is 19.1 Å². The van der Waals surface area contributed by atoms with Gasteiger partial charge in [-0.25, -0.2) is 9.18 Å². The van der Waals surface area contributed by atoms with E-state index in [1.165, 1.54) is 36.4 Å². The van der Waals surface area contributed by atoms with Crippen molar-refractivity contribution in [1.29, 1.82) is 0 Å². The summed E-state index contributed by atoms with van der Waals surface area (Å²) in [4.78, 5) is 27.2. The number of pyridine rings is 1. The highest BCUT2D eigenvalue weighted by atomic mass is 19.1. The first kappa shape index (κ1) is 22.8. The third-order valence-electron chi connectivity index (χ3n) is 5.01. The number of hydrogen-bond donors (Lipinski definition) is 2. The van der Waals surface area contributed by atoms with Crippen molar-refractivity contribution in [3.05, 3.63) is 88.6 Å². The number of esters is 1. The van der Waals surface area contributed by atoms with Crippen LogP contribution in [0.5, 0.6) is 28.7 Å². The quantitative estimate of drug-likeness (QED) is 0.249. The van der Waals surface area contributed by atoms with Crippen LogP contribution in [0.2, 0.25) is 0 Å². The van der Waals surface area contributed by atoms with E-state index in [0.717, 1.165) is 6.42 Å². The average molecular weight is 463 g/mol. The van der Waals surface area contributed by atoms with Crippen LogP contribution in [-0.2, 0) is 4.74 Å². The molecule has 0 bridgehead atoms. The molecule has 0 spiro atoms. The van der Waals surface area contributed by atoms with Crippen molar-refractivity contribution in [3.63, 3.8) is 0 Å². The van der Waals surface area contributed by atoms with Crippen molar-refractivity contribution in [1.82, 2.24) is 4.98 Å². The molecule has 2 N–H and O–H groups in total. The molecule has 0 aliphatic heterocycles. The van der Waals surface area contributed by atoms with Crippen LogP contribution in [0.1, 0.15) is 30.3 Å². The summed E-state index contributed by atoms with van der Waals surface area (Å²) < 4.78 is 29.6. The minimum Gasteiger partial charge on any atom is -0.505 e. The van der Waals surface area contributed by atoms with Crippen molar-refractivity contribution in [2.75, 3.05) is 6.61 Å². The van der Waals surface area contributed by atoms with Gasteiger partial charge in [-0.1, -0.05) is 13.3 Å². The first-order chi connectivity index (χ1) is 16.4. The molecule has 1 aromatic heterocycles. The number of carbonyl (C=O) groups is 1. The fourth-order valence-electron chi connectivity index (χ4n) is 3.24. The molecule has 34 heavy (non-hydrogen) atoms. The number of fused-ring (bicyclic) bond motifs is 1. The summed E-state index contributed by atoms with van der Waals surface area (Å²) in [6.45, 7) is 2.16. The largest absolute Gasteiger partial charge is 0.505 e. The summed E-state index contributed by atoms with van der Waals surface area (Å²) in [7, 11) is 0. The highest BCUT2D eigenvalue weighted by Crippen LogP contribution is 2.31. The highest BCUT2D eigenvalue weighted by Gasteiger charge is 2.19. The Morgan fingerprint density at radius 3 is 2.06 bits per heavy atom. The molecule has 174 valence electrons. The Bertz CT molecular complexity index is 1360. The minimum absolute atomic E-state index is 0.163. The van der Waals surface area contributed by atoms with Gasteiger partial charge < -0.3 is 24.3 Å². The van der Waals surface area contributed by atoms with Crippen LogP contribution in [0.3, 0.4) is 0 Å². The molecule has 8 heteroatoms. The zero-order valence-electron chi connectivity index (χ0n) is 18.3. The number of H-pyrrole nitrogens is 1. The molecule has 7 nitrogen and oxygen atoms in total. The molecule has 1 heterocycles. The van der Waals surface area contributed by atoms with E-state index < -0.39 is 11.5 Å². The molecule has 0 amide bonds. The summed E-state index contributed by atoms with van der Waals surface area (Å²) >= 11 is 0. The summed E-state index contributed by atoms with van der Waals surface area (Å²) in [6.07, 6.45) is 1.53. The van der Waals surface area contributed by atoms with E-state index in [1.54, 1.807) is 30.3 Å². The predicted octanol–water partition coefficient (Wildman–Crippen LogP) is 5.91. The average Bonchev–Trinajstić information content (AvgIpc) is 2.84. The van der Waals surface area contributed by atoms with Crippen LogP contribution in [0.15, 0.2) is 71.5 Å². The number of halogens is 1. The molecular weight excluding hydrogens is 441 g/mol. The van der Waals surface area contributed by atoms with E-state index in [-0.39, 0.29) is 34.6 Å². The van der Waals surface area contributed by atoms with Gasteiger partial charge in [0.25, 0.3) is 5.56 Å². The molecule has 0 aliphatic rings. The van der Waals surface area contributed by atoms with E-state index in [0.29, 0.717) is 29.4 Å². The third kappa shape index (κ3) is 5.17. The van der Waals surface area contributed by atoms with Gasteiger partial charge in [-0.3, -0.25) is 4.79 Å². The number of ether oxygens (including phenoxy) is 3. The second-order valence-corrected chi connectivity index (χ2v) is 7.50. The van der Waals surface area contributed by atoms with Gasteiger partial charge in [0.2, 0.25) is 0 Å². The van der Waals surface area contributed by atoms with Gasteiger partial charge in [-0.15, -0.1) is 0 Å². The van der Waals surface area contributed by atoms with Gasteiger partial charge in [-0.05, 0) is 73.2 Å². The SMILES string of the molecule is CCCCOC(=O)c1[nH]c(=O)c2cc(Oc3ccc(Oc4ccc(F)cc4)cc3)ccc2c1O. The number of hydrogen-bond acceptors (Lipinski definition) is 6. The summed E-state index contributed by atoms with van der Waals surface area (Å²) in [5, 5.41) is 10.9. The van der Waals surface area contributed by atoms with Crippen molar-refractivity contribution >= 4 is 16.7 Å². The van der Waals surface area contributed by atoms with Crippen LogP contribution in [-0.4, -0.2) is 22.7 Å². The van der Waals surface area contributed by atoms with Crippen LogP contribution >= 0.6 is 0 Å². The van der Waals surface area contributed by atoms with E-state index in [1.807, 2.05) is 6.92 Å². The van der Waals surface area contributed by atoms with Gasteiger partial charge in [0.1, 0.15) is 28.8 Å². The molecule has 0 unspecified atom stereocenters. The topological polar surface area (TPSA) is 97.9 Å². The van der Waals surface area contributed by atoms with Crippen molar-refractivity contribution < 1.29 is 28.5 Å². The Balaban J connectivity index is 1.51. The molecule has 0 aliphatic carbocycles. The molecule has 0 saturated carbocycles. The molecule has 4 aromatic rings. The number of aromatic hydroxyl groups is 1. The van der Waals surface area contributed by atoms with Crippen LogP contribution in [0.25, 0.3) is 10.8 Å². The predicted molar refractivity (Wildman–Crippen MR) is 124 cm³/mol. The lowest BCUT2D eigenvalue weighted by Gasteiger charge is -2.11. The molecule has 0 radical (unpaired) electrons. The Labute approximate surface area is 194 Å². The number of aromatic nitrogens is 1. The smallest absolute Gasteiger partial charge is 0.358 e.